The van der Waals surface area contributed by atoms with Crippen LogP contribution in [-0.4, -0.2) is 37.2 Å². The number of unbranched alkanes of at least 4 members (excludes halogenated alkanes) is 35. The molecule has 0 aliphatic rings. The van der Waals surface area contributed by atoms with E-state index in [0.29, 0.717) is 19.3 Å². The Balaban J connectivity index is 4.22. The molecule has 1 atom stereocenters. The quantitative estimate of drug-likeness (QED) is 0.0262. The molecule has 0 bridgehead atoms. The van der Waals surface area contributed by atoms with Gasteiger partial charge in [0.05, 0.1) is 0 Å². The van der Waals surface area contributed by atoms with Crippen LogP contribution in [-0.2, 0) is 28.6 Å². The first-order valence-electron chi connectivity index (χ1n) is 29.6. The highest BCUT2D eigenvalue weighted by Crippen LogP contribution is 2.16. The van der Waals surface area contributed by atoms with Gasteiger partial charge in [-0.2, -0.15) is 0 Å². The summed E-state index contributed by atoms with van der Waals surface area (Å²) in [6, 6.07) is 0. The molecule has 0 amide bonds. The molecule has 0 aromatic carbocycles. The van der Waals surface area contributed by atoms with E-state index < -0.39 is 6.10 Å². The van der Waals surface area contributed by atoms with Gasteiger partial charge < -0.3 is 14.2 Å². The molecule has 0 heterocycles. The number of carbonyl (C=O) groups is 3. The molecular weight excluding hydrogens is 841 g/mol. The van der Waals surface area contributed by atoms with Crippen LogP contribution < -0.4 is 0 Å². The molecule has 0 radical (unpaired) electrons. The van der Waals surface area contributed by atoms with Crippen molar-refractivity contribution in [2.45, 2.75) is 316 Å². The van der Waals surface area contributed by atoms with E-state index in [1.54, 1.807) is 0 Å². The highest BCUT2D eigenvalue weighted by Gasteiger charge is 2.19. The summed E-state index contributed by atoms with van der Waals surface area (Å²) in [5, 5.41) is 0. The Morgan fingerprint density at radius 3 is 0.838 bits per heavy atom. The van der Waals surface area contributed by atoms with Gasteiger partial charge in [0.25, 0.3) is 0 Å². The highest BCUT2D eigenvalue weighted by molar-refractivity contribution is 5.71. The molecule has 0 aliphatic heterocycles. The Bertz CT molecular complexity index is 1190. The van der Waals surface area contributed by atoms with Crippen molar-refractivity contribution in [2.75, 3.05) is 13.2 Å². The molecule has 0 N–H and O–H groups in total. The van der Waals surface area contributed by atoms with Crippen LogP contribution in [0.25, 0.3) is 0 Å². The van der Waals surface area contributed by atoms with Gasteiger partial charge in [-0.15, -0.1) is 0 Å². The molecule has 0 rings (SSSR count). The Kier molecular flexibility index (Phi) is 54.8. The van der Waals surface area contributed by atoms with Crippen molar-refractivity contribution >= 4 is 17.9 Å². The zero-order valence-electron chi connectivity index (χ0n) is 45.4. The summed E-state index contributed by atoms with van der Waals surface area (Å²) < 4.78 is 16.8. The van der Waals surface area contributed by atoms with Crippen molar-refractivity contribution in [2.24, 2.45) is 0 Å². The second kappa shape index (κ2) is 57.0. The Hall–Kier alpha value is -2.63. The number of carbonyl (C=O) groups excluding carboxylic acids is 3. The third-order valence-corrected chi connectivity index (χ3v) is 13.1. The third kappa shape index (κ3) is 54.3. The summed E-state index contributed by atoms with van der Waals surface area (Å²) in [7, 11) is 0. The molecule has 1 unspecified atom stereocenters. The van der Waals surface area contributed by atoms with Crippen LogP contribution in [0, 0.1) is 0 Å². The van der Waals surface area contributed by atoms with Crippen LogP contribution in [0.2, 0.25) is 0 Å². The number of allylic oxidation sites excluding steroid dienone is 8. The van der Waals surface area contributed by atoms with Crippen molar-refractivity contribution in [3.8, 4) is 0 Å². The topological polar surface area (TPSA) is 78.9 Å². The van der Waals surface area contributed by atoms with Gasteiger partial charge in [-0.25, -0.2) is 0 Å². The third-order valence-electron chi connectivity index (χ3n) is 13.1. The minimum atomic E-state index is -0.776. The summed E-state index contributed by atoms with van der Waals surface area (Å²) in [5.74, 6) is -0.877. The number of esters is 3. The van der Waals surface area contributed by atoms with E-state index in [2.05, 4.69) is 69.4 Å². The minimum Gasteiger partial charge on any atom is -0.462 e. The van der Waals surface area contributed by atoms with Gasteiger partial charge in [0, 0.05) is 19.3 Å². The van der Waals surface area contributed by atoms with Gasteiger partial charge in [0.15, 0.2) is 6.10 Å². The lowest BCUT2D eigenvalue weighted by molar-refractivity contribution is -0.167. The number of hydrogen-bond donors (Lipinski definition) is 0. The number of ether oxygens (including phenoxy) is 3. The fourth-order valence-electron chi connectivity index (χ4n) is 8.56. The van der Waals surface area contributed by atoms with E-state index in [1.165, 1.54) is 193 Å². The summed E-state index contributed by atoms with van der Waals surface area (Å²) in [6.07, 6.45) is 69.7. The maximum atomic E-state index is 12.8. The summed E-state index contributed by atoms with van der Waals surface area (Å²) in [5.41, 5.74) is 0. The monoisotopic (exact) mass is 953 g/mol. The standard InChI is InChI=1S/C62H112O6/c1-4-7-10-13-16-19-21-23-25-27-28-29-30-31-32-33-34-35-37-38-40-43-46-49-52-55-61(64)67-58-59(57-66-60(63)54-51-48-45-42-18-15-12-9-6-3)68-62(65)56-53-50-47-44-41-39-36-26-24-22-20-17-14-11-8-5-2/h21,23,26-28,30-31,36,59H,4-20,22,24-25,29,32-35,37-58H2,1-3H3/b23-21-,28-27-,31-30-,36-26-. The van der Waals surface area contributed by atoms with Crippen LogP contribution in [0.1, 0.15) is 310 Å². The van der Waals surface area contributed by atoms with Crippen molar-refractivity contribution in [1.29, 1.82) is 0 Å². The molecule has 0 aliphatic carbocycles. The zero-order valence-corrected chi connectivity index (χ0v) is 45.4. The maximum absolute atomic E-state index is 12.8. The van der Waals surface area contributed by atoms with Gasteiger partial charge in [-0.05, 0) is 83.5 Å². The molecule has 68 heavy (non-hydrogen) atoms. The Labute approximate surface area is 422 Å². The first-order chi connectivity index (χ1) is 33.5. The minimum absolute atomic E-state index is 0.0750. The van der Waals surface area contributed by atoms with Crippen molar-refractivity contribution in [3.63, 3.8) is 0 Å². The van der Waals surface area contributed by atoms with E-state index in [0.717, 1.165) is 77.0 Å². The largest absolute Gasteiger partial charge is 0.462 e. The Morgan fingerprint density at radius 2 is 0.529 bits per heavy atom. The fraction of sp³-hybridized carbons (Fsp3) is 0.823. The predicted molar refractivity (Wildman–Crippen MR) is 293 cm³/mol. The lowest BCUT2D eigenvalue weighted by Crippen LogP contribution is -2.30. The van der Waals surface area contributed by atoms with Gasteiger partial charge >= 0.3 is 17.9 Å². The van der Waals surface area contributed by atoms with Gasteiger partial charge in [0.1, 0.15) is 13.2 Å². The first kappa shape index (κ1) is 65.4. The molecule has 396 valence electrons. The number of hydrogen-bond acceptors (Lipinski definition) is 6. The average Bonchev–Trinajstić information content (AvgIpc) is 3.34. The molecule has 6 heteroatoms. The molecule has 0 fully saturated rings. The summed E-state index contributed by atoms with van der Waals surface area (Å²) in [4.78, 5) is 38.0. The van der Waals surface area contributed by atoms with Crippen LogP contribution in [0.15, 0.2) is 48.6 Å². The SMILES string of the molecule is CCCCCCC/C=C\C/C=C\C/C=C\CCCCCCCCCCCCC(=O)OCC(COC(=O)CCCCCCCCCCC)OC(=O)CCCCCCC/C=C\CCCCCCCCC. The second-order valence-corrected chi connectivity index (χ2v) is 19.9. The normalized spacial score (nSPS) is 12.3. The van der Waals surface area contributed by atoms with Crippen LogP contribution in [0.3, 0.4) is 0 Å². The molecular formula is C62H112O6. The molecule has 0 saturated heterocycles. The van der Waals surface area contributed by atoms with Gasteiger partial charge in [-0.1, -0.05) is 256 Å². The van der Waals surface area contributed by atoms with Crippen molar-refractivity contribution in [1.82, 2.24) is 0 Å². The summed E-state index contributed by atoms with van der Waals surface area (Å²) in [6.45, 7) is 6.63. The van der Waals surface area contributed by atoms with E-state index in [1.807, 2.05) is 0 Å². The molecule has 0 spiro atoms. The zero-order chi connectivity index (χ0) is 49.3. The maximum Gasteiger partial charge on any atom is 0.306 e. The predicted octanol–water partition coefficient (Wildman–Crippen LogP) is 19.8. The van der Waals surface area contributed by atoms with E-state index in [4.69, 9.17) is 14.2 Å². The highest BCUT2D eigenvalue weighted by atomic mass is 16.6. The van der Waals surface area contributed by atoms with Crippen LogP contribution >= 0.6 is 0 Å². The molecule has 6 nitrogen and oxygen atoms in total. The van der Waals surface area contributed by atoms with Crippen molar-refractivity contribution in [3.05, 3.63) is 48.6 Å². The van der Waals surface area contributed by atoms with Crippen LogP contribution in [0.5, 0.6) is 0 Å². The lowest BCUT2D eigenvalue weighted by Gasteiger charge is -2.18. The molecule has 0 saturated carbocycles. The smallest absolute Gasteiger partial charge is 0.306 e. The van der Waals surface area contributed by atoms with Crippen molar-refractivity contribution < 1.29 is 28.6 Å². The fourth-order valence-corrected chi connectivity index (χ4v) is 8.56. The first-order valence-corrected chi connectivity index (χ1v) is 29.6. The van der Waals surface area contributed by atoms with E-state index in [9.17, 15) is 14.4 Å². The second-order valence-electron chi connectivity index (χ2n) is 19.9. The summed E-state index contributed by atoms with van der Waals surface area (Å²) >= 11 is 0. The molecule has 0 aromatic heterocycles. The number of rotatable bonds is 54. The Morgan fingerprint density at radius 1 is 0.294 bits per heavy atom. The lowest BCUT2D eigenvalue weighted by atomic mass is 10.1. The van der Waals surface area contributed by atoms with Crippen LogP contribution in [0.4, 0.5) is 0 Å². The van der Waals surface area contributed by atoms with E-state index in [-0.39, 0.29) is 31.1 Å². The van der Waals surface area contributed by atoms with Gasteiger partial charge in [-0.3, -0.25) is 14.4 Å². The molecule has 0 aromatic rings. The average molecular weight is 954 g/mol. The van der Waals surface area contributed by atoms with E-state index >= 15 is 0 Å². The van der Waals surface area contributed by atoms with Gasteiger partial charge in [0.2, 0.25) is 0 Å².